The molecule has 0 radical (unpaired) electrons. The average Bonchev–Trinajstić information content (AvgIpc) is 2.99. The predicted molar refractivity (Wildman–Crippen MR) is 105 cm³/mol. The molecule has 6 heteroatoms. The SMILES string of the molecule is COc1ccc(N=C2C(=O)N(CCN3CCOCC3)c3ccccc32)cc1. The molecule has 4 rings (SSSR count). The number of ether oxygens (including phenoxy) is 2. The zero-order chi connectivity index (χ0) is 18.6. The summed E-state index contributed by atoms with van der Waals surface area (Å²) in [5.74, 6) is 0.726. The summed E-state index contributed by atoms with van der Waals surface area (Å²) in [6, 6.07) is 15.3. The zero-order valence-corrected chi connectivity index (χ0v) is 15.4. The van der Waals surface area contributed by atoms with E-state index in [-0.39, 0.29) is 5.91 Å². The topological polar surface area (TPSA) is 54.4 Å². The van der Waals surface area contributed by atoms with Crippen molar-refractivity contribution >= 4 is 23.0 Å². The lowest BCUT2D eigenvalue weighted by molar-refractivity contribution is -0.112. The molecule has 6 nitrogen and oxygen atoms in total. The van der Waals surface area contributed by atoms with Gasteiger partial charge in [0.25, 0.3) is 5.91 Å². The van der Waals surface area contributed by atoms with Gasteiger partial charge < -0.3 is 14.4 Å². The number of hydrogen-bond donors (Lipinski definition) is 0. The molecule has 2 aromatic carbocycles. The predicted octanol–water partition coefficient (Wildman–Crippen LogP) is 2.49. The lowest BCUT2D eigenvalue weighted by Crippen LogP contribution is -2.42. The van der Waals surface area contributed by atoms with Crippen LogP contribution >= 0.6 is 0 Å². The number of amides is 1. The molecule has 0 atom stereocenters. The summed E-state index contributed by atoms with van der Waals surface area (Å²) in [6.45, 7) is 4.83. The van der Waals surface area contributed by atoms with E-state index in [0.29, 0.717) is 12.3 Å². The van der Waals surface area contributed by atoms with E-state index in [0.717, 1.165) is 55.5 Å². The van der Waals surface area contributed by atoms with Gasteiger partial charge in [-0.15, -0.1) is 0 Å². The summed E-state index contributed by atoms with van der Waals surface area (Å²) in [7, 11) is 1.63. The number of methoxy groups -OCH3 is 1. The number of para-hydroxylation sites is 1. The molecule has 1 amide bonds. The Morgan fingerprint density at radius 1 is 1.04 bits per heavy atom. The normalized spacial score (nSPS) is 18.8. The average molecular weight is 365 g/mol. The van der Waals surface area contributed by atoms with Crippen molar-refractivity contribution < 1.29 is 14.3 Å². The molecule has 0 aliphatic carbocycles. The molecular formula is C21H23N3O3. The molecule has 2 aliphatic heterocycles. The maximum Gasteiger partial charge on any atom is 0.277 e. The monoisotopic (exact) mass is 365 g/mol. The number of hydrogen-bond acceptors (Lipinski definition) is 5. The fraction of sp³-hybridized carbons (Fsp3) is 0.333. The Morgan fingerprint density at radius 2 is 1.78 bits per heavy atom. The number of carbonyl (C=O) groups is 1. The largest absolute Gasteiger partial charge is 0.497 e. The maximum atomic E-state index is 13.1. The van der Waals surface area contributed by atoms with E-state index in [1.807, 2.05) is 53.4 Å². The second-order valence-corrected chi connectivity index (χ2v) is 6.59. The molecule has 0 aromatic heterocycles. The zero-order valence-electron chi connectivity index (χ0n) is 15.4. The summed E-state index contributed by atoms with van der Waals surface area (Å²) < 4.78 is 10.6. The van der Waals surface area contributed by atoms with Crippen molar-refractivity contribution in [1.29, 1.82) is 0 Å². The van der Waals surface area contributed by atoms with Crippen LogP contribution in [0.1, 0.15) is 5.56 Å². The van der Waals surface area contributed by atoms with Gasteiger partial charge in [-0.05, 0) is 30.3 Å². The van der Waals surface area contributed by atoms with Gasteiger partial charge in [0.15, 0.2) is 0 Å². The minimum Gasteiger partial charge on any atom is -0.497 e. The van der Waals surface area contributed by atoms with Crippen LogP contribution in [-0.4, -0.2) is 63.0 Å². The molecule has 1 fully saturated rings. The molecule has 0 bridgehead atoms. The van der Waals surface area contributed by atoms with E-state index < -0.39 is 0 Å². The van der Waals surface area contributed by atoms with Crippen molar-refractivity contribution in [3.8, 4) is 5.75 Å². The Kier molecular flexibility index (Phi) is 5.18. The first-order valence-corrected chi connectivity index (χ1v) is 9.20. The first kappa shape index (κ1) is 17.7. The third-order valence-electron chi connectivity index (χ3n) is 4.95. The minimum absolute atomic E-state index is 0.0414. The highest BCUT2D eigenvalue weighted by molar-refractivity contribution is 6.54. The first-order chi connectivity index (χ1) is 13.3. The number of morpholine rings is 1. The highest BCUT2D eigenvalue weighted by atomic mass is 16.5. The molecule has 140 valence electrons. The van der Waals surface area contributed by atoms with E-state index in [2.05, 4.69) is 9.89 Å². The number of aliphatic imine (C=N–C) groups is 1. The quantitative estimate of drug-likeness (QED) is 0.817. The van der Waals surface area contributed by atoms with Crippen molar-refractivity contribution in [3.63, 3.8) is 0 Å². The molecule has 0 saturated carbocycles. The molecule has 0 spiro atoms. The molecule has 0 N–H and O–H groups in total. The van der Waals surface area contributed by atoms with Gasteiger partial charge in [-0.2, -0.15) is 0 Å². The van der Waals surface area contributed by atoms with Crippen LogP contribution in [0.4, 0.5) is 11.4 Å². The summed E-state index contributed by atoms with van der Waals surface area (Å²) in [5, 5.41) is 0. The van der Waals surface area contributed by atoms with Gasteiger partial charge in [-0.1, -0.05) is 18.2 Å². The van der Waals surface area contributed by atoms with E-state index in [1.54, 1.807) is 7.11 Å². The van der Waals surface area contributed by atoms with Gasteiger partial charge in [0.2, 0.25) is 0 Å². The van der Waals surface area contributed by atoms with Crippen molar-refractivity contribution in [3.05, 3.63) is 54.1 Å². The lowest BCUT2D eigenvalue weighted by Gasteiger charge is -2.28. The Hall–Kier alpha value is -2.70. The number of anilines is 1. The molecule has 1 saturated heterocycles. The van der Waals surface area contributed by atoms with Crippen molar-refractivity contribution in [2.45, 2.75) is 0 Å². The van der Waals surface area contributed by atoms with Crippen LogP contribution in [0.25, 0.3) is 0 Å². The van der Waals surface area contributed by atoms with Gasteiger partial charge in [0, 0.05) is 31.7 Å². The Morgan fingerprint density at radius 3 is 2.52 bits per heavy atom. The number of rotatable bonds is 5. The molecule has 2 aliphatic rings. The van der Waals surface area contributed by atoms with Crippen LogP contribution in [0.3, 0.4) is 0 Å². The third kappa shape index (κ3) is 3.72. The Balaban J connectivity index is 1.57. The molecule has 2 aromatic rings. The van der Waals surface area contributed by atoms with Crippen LogP contribution in [0.2, 0.25) is 0 Å². The van der Waals surface area contributed by atoms with E-state index in [9.17, 15) is 4.79 Å². The summed E-state index contributed by atoms with van der Waals surface area (Å²) in [5.41, 5.74) is 3.06. The smallest absolute Gasteiger partial charge is 0.277 e. The Bertz CT molecular complexity index is 842. The van der Waals surface area contributed by atoms with Crippen LogP contribution < -0.4 is 9.64 Å². The standard InChI is InChI=1S/C21H23N3O3/c1-26-17-8-6-16(7-9-17)22-20-18-4-2-3-5-19(18)24(21(20)25)11-10-23-12-14-27-15-13-23/h2-9H,10-15H2,1H3. The van der Waals surface area contributed by atoms with Crippen molar-refractivity contribution in [1.82, 2.24) is 4.90 Å². The van der Waals surface area contributed by atoms with Gasteiger partial charge in [-0.25, -0.2) is 4.99 Å². The highest BCUT2D eigenvalue weighted by Crippen LogP contribution is 2.31. The van der Waals surface area contributed by atoms with E-state index in [4.69, 9.17) is 9.47 Å². The molecule has 0 unspecified atom stereocenters. The number of fused-ring (bicyclic) bond motifs is 1. The van der Waals surface area contributed by atoms with Gasteiger partial charge in [0.1, 0.15) is 11.5 Å². The number of nitrogens with zero attached hydrogens (tertiary/aromatic N) is 3. The summed E-state index contributed by atoms with van der Waals surface area (Å²) in [4.78, 5) is 21.9. The van der Waals surface area contributed by atoms with Crippen LogP contribution in [0.5, 0.6) is 5.75 Å². The molecule has 2 heterocycles. The van der Waals surface area contributed by atoms with Gasteiger partial charge in [-0.3, -0.25) is 9.69 Å². The number of carbonyl (C=O) groups excluding carboxylic acids is 1. The van der Waals surface area contributed by atoms with Crippen LogP contribution in [0, 0.1) is 0 Å². The second-order valence-electron chi connectivity index (χ2n) is 6.59. The van der Waals surface area contributed by atoms with Crippen molar-refractivity contribution in [2.24, 2.45) is 4.99 Å². The third-order valence-corrected chi connectivity index (χ3v) is 4.95. The maximum absolute atomic E-state index is 13.1. The fourth-order valence-electron chi connectivity index (χ4n) is 3.44. The number of benzene rings is 2. The van der Waals surface area contributed by atoms with E-state index in [1.165, 1.54) is 0 Å². The highest BCUT2D eigenvalue weighted by Gasteiger charge is 2.33. The van der Waals surface area contributed by atoms with Gasteiger partial charge in [0.05, 0.1) is 31.7 Å². The van der Waals surface area contributed by atoms with E-state index >= 15 is 0 Å². The van der Waals surface area contributed by atoms with Gasteiger partial charge >= 0.3 is 0 Å². The summed E-state index contributed by atoms with van der Waals surface area (Å²) >= 11 is 0. The van der Waals surface area contributed by atoms with Crippen LogP contribution in [0.15, 0.2) is 53.5 Å². The lowest BCUT2D eigenvalue weighted by atomic mass is 10.1. The fourth-order valence-corrected chi connectivity index (χ4v) is 3.44. The first-order valence-electron chi connectivity index (χ1n) is 9.20. The van der Waals surface area contributed by atoms with Crippen molar-refractivity contribution in [2.75, 3.05) is 51.4 Å². The summed E-state index contributed by atoms with van der Waals surface area (Å²) in [6.07, 6.45) is 0. The molecular weight excluding hydrogens is 342 g/mol. The minimum atomic E-state index is -0.0414. The molecule has 27 heavy (non-hydrogen) atoms. The van der Waals surface area contributed by atoms with Crippen LogP contribution in [-0.2, 0) is 9.53 Å². The second kappa shape index (κ2) is 7.90. The Labute approximate surface area is 159 Å².